The number of fused-ring (bicyclic) bond motifs is 1. The van der Waals surface area contributed by atoms with Crippen molar-refractivity contribution in [3.8, 4) is 0 Å². The molecule has 1 saturated carbocycles. The molecule has 5 nitrogen and oxygen atoms in total. The van der Waals surface area contributed by atoms with Crippen molar-refractivity contribution in [2.75, 3.05) is 13.1 Å². The molecule has 1 aromatic carbocycles. The summed E-state index contributed by atoms with van der Waals surface area (Å²) in [6.45, 7) is 0.608. The summed E-state index contributed by atoms with van der Waals surface area (Å²) in [4.78, 5) is 28.9. The zero-order valence-corrected chi connectivity index (χ0v) is 21.9. The average molecular weight is 572 g/mol. The lowest BCUT2D eigenvalue weighted by molar-refractivity contribution is -0.143. The lowest BCUT2D eigenvalue weighted by Gasteiger charge is -2.34. The van der Waals surface area contributed by atoms with Crippen LogP contribution in [0.1, 0.15) is 47.3 Å². The number of alkyl halides is 6. The largest absolute Gasteiger partial charge is 0.416 e. The van der Waals surface area contributed by atoms with E-state index in [2.05, 4.69) is 5.32 Å². The number of rotatable bonds is 7. The number of benzene rings is 1. The van der Waals surface area contributed by atoms with Gasteiger partial charge >= 0.3 is 12.4 Å². The van der Waals surface area contributed by atoms with Gasteiger partial charge in [-0.15, -0.1) is 11.3 Å². The average Bonchev–Trinajstić information content (AvgIpc) is 3.36. The minimum Gasteiger partial charge on any atom is -0.333 e. The molecule has 2 aromatic heterocycles. The van der Waals surface area contributed by atoms with E-state index in [1.807, 2.05) is 0 Å². The Morgan fingerprint density at radius 2 is 1.72 bits per heavy atom. The number of aryl methyl sites for hydroxylation is 1. The smallest absolute Gasteiger partial charge is 0.333 e. The minimum atomic E-state index is -4.98. The van der Waals surface area contributed by atoms with E-state index in [1.165, 1.54) is 26.9 Å². The summed E-state index contributed by atoms with van der Waals surface area (Å²) in [6.07, 6.45) is -6.78. The molecule has 2 aliphatic rings. The standard InChI is InChI=1S/C27H27F6N3O2S/c1-35-22(37)5-4-18-10-21(39-23(18)35)14-36(24(38)25(6-7-34-15-25)12-16-2-3-16)13-17-8-19(26(28,29)30)11-20(9-17)27(31,32)33/h4-5,8-11,16,34H,2-3,6-7,12-15H2,1H3. The summed E-state index contributed by atoms with van der Waals surface area (Å²) in [5.41, 5.74) is -4.04. The van der Waals surface area contributed by atoms with Gasteiger partial charge in [0.1, 0.15) is 4.83 Å². The summed E-state index contributed by atoms with van der Waals surface area (Å²) in [6, 6.07) is 6.33. The fraction of sp³-hybridized carbons (Fsp3) is 0.481. The van der Waals surface area contributed by atoms with E-state index in [9.17, 15) is 35.9 Å². The van der Waals surface area contributed by atoms with Gasteiger partial charge in [0.05, 0.1) is 23.1 Å². The zero-order valence-electron chi connectivity index (χ0n) is 21.1. The fourth-order valence-electron chi connectivity index (χ4n) is 5.40. The number of carbonyl (C=O) groups is 1. The number of carbonyl (C=O) groups excluding carboxylic acids is 1. The van der Waals surface area contributed by atoms with Crippen molar-refractivity contribution >= 4 is 27.5 Å². The van der Waals surface area contributed by atoms with Gasteiger partial charge in [0, 0.05) is 36.5 Å². The normalized spacial score (nSPS) is 20.1. The Bertz CT molecular complexity index is 1420. The van der Waals surface area contributed by atoms with Crippen molar-refractivity contribution in [1.82, 2.24) is 14.8 Å². The van der Waals surface area contributed by atoms with Crippen molar-refractivity contribution in [3.05, 3.63) is 68.3 Å². The van der Waals surface area contributed by atoms with Gasteiger partial charge in [0.15, 0.2) is 0 Å². The highest BCUT2D eigenvalue weighted by Gasteiger charge is 2.47. The molecule has 210 valence electrons. The number of hydrogen-bond acceptors (Lipinski definition) is 4. The summed E-state index contributed by atoms with van der Waals surface area (Å²) in [5, 5.41) is 3.98. The molecule has 1 aliphatic carbocycles. The Morgan fingerprint density at radius 3 is 2.28 bits per heavy atom. The molecular weight excluding hydrogens is 544 g/mol. The molecule has 0 spiro atoms. The molecular formula is C27H27F6N3O2S. The van der Waals surface area contributed by atoms with E-state index in [0.29, 0.717) is 53.7 Å². The van der Waals surface area contributed by atoms with Crippen LogP contribution >= 0.6 is 11.3 Å². The van der Waals surface area contributed by atoms with Crippen molar-refractivity contribution in [3.63, 3.8) is 0 Å². The van der Waals surface area contributed by atoms with Gasteiger partial charge in [-0.3, -0.25) is 9.59 Å². The number of pyridine rings is 1. The second-order valence-electron chi connectivity index (χ2n) is 10.6. The Kier molecular flexibility index (Phi) is 7.07. The highest BCUT2D eigenvalue weighted by molar-refractivity contribution is 7.18. The first-order chi connectivity index (χ1) is 18.2. The van der Waals surface area contributed by atoms with Crippen LogP contribution in [0.5, 0.6) is 0 Å². The topological polar surface area (TPSA) is 54.3 Å². The van der Waals surface area contributed by atoms with E-state index in [4.69, 9.17) is 0 Å². The summed E-state index contributed by atoms with van der Waals surface area (Å²) >= 11 is 1.27. The Labute approximate surface area is 224 Å². The molecule has 0 radical (unpaired) electrons. The predicted molar refractivity (Wildman–Crippen MR) is 135 cm³/mol. The van der Waals surface area contributed by atoms with Crippen molar-refractivity contribution in [1.29, 1.82) is 0 Å². The molecule has 2 fully saturated rings. The van der Waals surface area contributed by atoms with E-state index in [1.54, 1.807) is 19.2 Å². The Balaban J connectivity index is 1.55. The van der Waals surface area contributed by atoms with Crippen LogP contribution < -0.4 is 10.9 Å². The fourth-order valence-corrected chi connectivity index (χ4v) is 6.52. The van der Waals surface area contributed by atoms with E-state index in [-0.39, 0.29) is 29.6 Å². The number of aromatic nitrogens is 1. The zero-order chi connectivity index (χ0) is 28.2. The molecule has 0 bridgehead atoms. The summed E-state index contributed by atoms with van der Waals surface area (Å²) < 4.78 is 82.7. The third-order valence-electron chi connectivity index (χ3n) is 7.56. The van der Waals surface area contributed by atoms with Gasteiger partial charge in [-0.1, -0.05) is 12.8 Å². The molecule has 3 aromatic rings. The van der Waals surface area contributed by atoms with E-state index < -0.39 is 35.4 Å². The van der Waals surface area contributed by atoms with Crippen LogP contribution in [0, 0.1) is 11.3 Å². The van der Waals surface area contributed by atoms with E-state index >= 15 is 0 Å². The highest BCUT2D eigenvalue weighted by Crippen LogP contribution is 2.45. The number of thiophene rings is 1. The molecule has 5 rings (SSSR count). The van der Waals surface area contributed by atoms with Crippen molar-refractivity contribution in [2.45, 2.75) is 51.1 Å². The number of nitrogens with one attached hydrogen (secondary N) is 1. The van der Waals surface area contributed by atoms with E-state index in [0.717, 1.165) is 18.2 Å². The van der Waals surface area contributed by atoms with Crippen LogP contribution in [-0.4, -0.2) is 28.5 Å². The number of hydrogen-bond donors (Lipinski definition) is 1. The first-order valence-electron chi connectivity index (χ1n) is 12.6. The molecule has 1 saturated heterocycles. The number of halogens is 6. The van der Waals surface area contributed by atoms with Gasteiger partial charge in [0.25, 0.3) is 5.56 Å². The van der Waals surface area contributed by atoms with Crippen LogP contribution in [0.25, 0.3) is 10.2 Å². The molecule has 1 amide bonds. The summed E-state index contributed by atoms with van der Waals surface area (Å²) in [5.74, 6) is 0.108. The Hall–Kier alpha value is -2.86. The van der Waals surface area contributed by atoms with Crippen LogP contribution in [0.4, 0.5) is 26.3 Å². The maximum atomic E-state index is 14.1. The highest BCUT2D eigenvalue weighted by atomic mass is 32.1. The summed E-state index contributed by atoms with van der Waals surface area (Å²) in [7, 11) is 1.62. The van der Waals surface area contributed by atoms with Gasteiger partial charge in [0.2, 0.25) is 5.91 Å². The molecule has 1 atom stereocenters. The molecule has 39 heavy (non-hydrogen) atoms. The minimum absolute atomic E-state index is 0.00359. The van der Waals surface area contributed by atoms with Crippen molar-refractivity contribution < 1.29 is 31.1 Å². The third-order valence-corrected chi connectivity index (χ3v) is 8.77. The monoisotopic (exact) mass is 571 g/mol. The number of nitrogens with zero attached hydrogens (tertiary/aromatic N) is 2. The molecule has 3 heterocycles. The quantitative estimate of drug-likeness (QED) is 0.357. The SMILES string of the molecule is Cn1c(=O)ccc2cc(CN(Cc3cc(C(F)(F)F)cc(C(F)(F)F)c3)C(=O)C3(CC4CC4)CCNC3)sc21. The first-order valence-corrected chi connectivity index (χ1v) is 13.4. The molecule has 1 aliphatic heterocycles. The van der Waals surface area contributed by atoms with Gasteiger partial charge in [-0.25, -0.2) is 0 Å². The first kappa shape index (κ1) is 27.7. The Morgan fingerprint density at radius 1 is 1.05 bits per heavy atom. The van der Waals surface area contributed by atoms with Gasteiger partial charge in [-0.2, -0.15) is 26.3 Å². The van der Waals surface area contributed by atoms with Crippen LogP contribution in [-0.2, 0) is 37.3 Å². The lowest BCUT2D eigenvalue weighted by atomic mass is 9.80. The third kappa shape index (κ3) is 5.86. The van der Waals surface area contributed by atoms with Crippen LogP contribution in [0.3, 0.4) is 0 Å². The van der Waals surface area contributed by atoms with Gasteiger partial charge in [-0.05, 0) is 61.2 Å². The predicted octanol–water partition coefficient (Wildman–Crippen LogP) is 5.95. The van der Waals surface area contributed by atoms with Crippen LogP contribution in [0.2, 0.25) is 0 Å². The molecule has 1 N–H and O–H groups in total. The molecule has 1 unspecified atom stereocenters. The molecule has 12 heteroatoms. The second-order valence-corrected chi connectivity index (χ2v) is 11.7. The number of amides is 1. The second kappa shape index (κ2) is 9.96. The maximum Gasteiger partial charge on any atom is 0.416 e. The van der Waals surface area contributed by atoms with Crippen molar-refractivity contribution in [2.24, 2.45) is 18.4 Å². The lowest BCUT2D eigenvalue weighted by Crippen LogP contribution is -2.45. The van der Waals surface area contributed by atoms with Crippen LogP contribution in [0.15, 0.2) is 41.2 Å². The maximum absolute atomic E-state index is 14.1. The van der Waals surface area contributed by atoms with Gasteiger partial charge < -0.3 is 14.8 Å².